The molecule has 0 aliphatic rings. The van der Waals surface area contributed by atoms with Crippen LogP contribution in [-0.2, 0) is 11.3 Å². The number of carbonyl (C=O) groups excluding carboxylic acids is 1. The number of benzene rings is 1. The average Bonchev–Trinajstić information content (AvgIpc) is 2.27. The first-order valence-corrected chi connectivity index (χ1v) is 5.13. The Morgan fingerprint density at radius 3 is 2.88 bits per heavy atom. The predicted octanol–water partition coefficient (Wildman–Crippen LogP) is 2.01. The highest BCUT2D eigenvalue weighted by atomic mass is 16.6. The van der Waals surface area contributed by atoms with Crippen molar-refractivity contribution >= 4 is 11.6 Å². The first kappa shape index (κ1) is 12.2. The molecule has 0 spiro atoms. The van der Waals surface area contributed by atoms with Gasteiger partial charge in [0.25, 0.3) is 5.69 Å². The third-order valence-corrected chi connectivity index (χ3v) is 2.09. The Bertz CT molecular complexity index is 391. The lowest BCUT2D eigenvalue weighted by molar-refractivity contribution is -0.384. The van der Waals surface area contributed by atoms with Crippen LogP contribution in [0.15, 0.2) is 24.3 Å². The lowest BCUT2D eigenvalue weighted by Crippen LogP contribution is -2.22. The van der Waals surface area contributed by atoms with Crippen molar-refractivity contribution in [3.8, 4) is 0 Å². The molecule has 1 amide bonds. The van der Waals surface area contributed by atoms with Gasteiger partial charge in [0, 0.05) is 25.1 Å². The van der Waals surface area contributed by atoms with E-state index in [1.807, 2.05) is 6.92 Å². The van der Waals surface area contributed by atoms with Crippen LogP contribution in [0.4, 0.5) is 5.69 Å². The van der Waals surface area contributed by atoms with E-state index in [0.29, 0.717) is 13.0 Å². The van der Waals surface area contributed by atoms with Crippen LogP contribution in [0.2, 0.25) is 0 Å². The monoisotopic (exact) mass is 222 g/mol. The number of hydrogen-bond acceptors (Lipinski definition) is 3. The number of amides is 1. The van der Waals surface area contributed by atoms with E-state index in [1.165, 1.54) is 12.1 Å². The molecular weight excluding hydrogens is 208 g/mol. The summed E-state index contributed by atoms with van der Waals surface area (Å²) in [6, 6.07) is 6.25. The lowest BCUT2D eigenvalue weighted by Gasteiger charge is -2.03. The lowest BCUT2D eigenvalue weighted by atomic mass is 10.2. The number of nitrogens with zero attached hydrogens (tertiary/aromatic N) is 1. The molecule has 0 bridgehead atoms. The van der Waals surface area contributed by atoms with Gasteiger partial charge in [-0.15, -0.1) is 0 Å². The summed E-state index contributed by atoms with van der Waals surface area (Å²) >= 11 is 0. The van der Waals surface area contributed by atoms with E-state index < -0.39 is 4.92 Å². The highest BCUT2D eigenvalue weighted by Gasteiger charge is 2.06. The van der Waals surface area contributed by atoms with Gasteiger partial charge in [0.05, 0.1) is 4.92 Å². The Balaban J connectivity index is 2.57. The maximum absolute atomic E-state index is 11.2. The molecule has 0 aliphatic carbocycles. The van der Waals surface area contributed by atoms with E-state index in [-0.39, 0.29) is 11.6 Å². The maximum atomic E-state index is 11.2. The second-order valence-electron chi connectivity index (χ2n) is 3.45. The van der Waals surface area contributed by atoms with Gasteiger partial charge in [-0.25, -0.2) is 0 Å². The van der Waals surface area contributed by atoms with Gasteiger partial charge in [-0.2, -0.15) is 0 Å². The van der Waals surface area contributed by atoms with Crippen LogP contribution >= 0.6 is 0 Å². The van der Waals surface area contributed by atoms with Gasteiger partial charge in [-0.1, -0.05) is 19.1 Å². The molecule has 0 aliphatic heterocycles. The summed E-state index contributed by atoms with van der Waals surface area (Å²) in [6.07, 6.45) is 1.27. The topological polar surface area (TPSA) is 72.2 Å². The summed E-state index contributed by atoms with van der Waals surface area (Å²) < 4.78 is 0. The Kier molecular flexibility index (Phi) is 4.44. The molecule has 0 saturated carbocycles. The first-order chi connectivity index (χ1) is 7.63. The summed E-state index contributed by atoms with van der Waals surface area (Å²) in [5.41, 5.74) is 0.779. The third-order valence-electron chi connectivity index (χ3n) is 2.09. The van der Waals surface area contributed by atoms with Crippen LogP contribution in [0.3, 0.4) is 0 Å². The van der Waals surface area contributed by atoms with Crippen molar-refractivity contribution in [3.63, 3.8) is 0 Å². The van der Waals surface area contributed by atoms with Crippen molar-refractivity contribution in [3.05, 3.63) is 39.9 Å². The fraction of sp³-hybridized carbons (Fsp3) is 0.364. The smallest absolute Gasteiger partial charge is 0.269 e. The quantitative estimate of drug-likeness (QED) is 0.611. The van der Waals surface area contributed by atoms with Gasteiger partial charge in [0.15, 0.2) is 0 Å². The Labute approximate surface area is 93.6 Å². The number of nitro benzene ring substituents is 1. The first-order valence-electron chi connectivity index (χ1n) is 5.13. The highest BCUT2D eigenvalue weighted by Crippen LogP contribution is 2.12. The number of hydrogen-bond donors (Lipinski definition) is 1. The maximum Gasteiger partial charge on any atom is 0.269 e. The van der Waals surface area contributed by atoms with E-state index >= 15 is 0 Å². The molecule has 1 rings (SSSR count). The second-order valence-corrected chi connectivity index (χ2v) is 3.45. The highest BCUT2D eigenvalue weighted by molar-refractivity contribution is 5.75. The normalized spacial score (nSPS) is 9.81. The average molecular weight is 222 g/mol. The SMILES string of the molecule is CCCC(=O)NCc1cccc([N+](=O)[O-])c1. The molecule has 86 valence electrons. The molecule has 0 radical (unpaired) electrons. The van der Waals surface area contributed by atoms with Crippen molar-refractivity contribution < 1.29 is 9.72 Å². The fourth-order valence-corrected chi connectivity index (χ4v) is 1.30. The van der Waals surface area contributed by atoms with Crippen molar-refractivity contribution in [1.82, 2.24) is 5.32 Å². The number of nitro groups is 1. The second kappa shape index (κ2) is 5.85. The molecule has 0 atom stereocenters. The third kappa shape index (κ3) is 3.68. The van der Waals surface area contributed by atoms with E-state index in [2.05, 4.69) is 5.32 Å². The summed E-state index contributed by atoms with van der Waals surface area (Å²) in [5, 5.41) is 13.2. The zero-order valence-corrected chi connectivity index (χ0v) is 9.10. The zero-order valence-electron chi connectivity index (χ0n) is 9.10. The summed E-state index contributed by atoms with van der Waals surface area (Å²) in [5.74, 6) is -0.0333. The summed E-state index contributed by atoms with van der Waals surface area (Å²) in [7, 11) is 0. The van der Waals surface area contributed by atoms with Gasteiger partial charge in [-0.05, 0) is 12.0 Å². The molecular formula is C11H14N2O3. The predicted molar refractivity (Wildman–Crippen MR) is 59.9 cm³/mol. The Morgan fingerprint density at radius 2 is 2.25 bits per heavy atom. The van der Waals surface area contributed by atoms with Crippen molar-refractivity contribution in [1.29, 1.82) is 0 Å². The Morgan fingerprint density at radius 1 is 1.50 bits per heavy atom. The van der Waals surface area contributed by atoms with Gasteiger partial charge in [0.1, 0.15) is 0 Å². The van der Waals surface area contributed by atoms with E-state index in [1.54, 1.807) is 12.1 Å². The van der Waals surface area contributed by atoms with Crippen LogP contribution in [-0.4, -0.2) is 10.8 Å². The Hall–Kier alpha value is -1.91. The molecule has 1 N–H and O–H groups in total. The van der Waals surface area contributed by atoms with E-state index in [4.69, 9.17) is 0 Å². The molecule has 5 nitrogen and oxygen atoms in total. The van der Waals surface area contributed by atoms with Crippen molar-refractivity contribution in [2.24, 2.45) is 0 Å². The molecule has 16 heavy (non-hydrogen) atoms. The fourth-order valence-electron chi connectivity index (χ4n) is 1.30. The van der Waals surface area contributed by atoms with Crippen LogP contribution < -0.4 is 5.32 Å². The molecule has 0 heterocycles. The number of rotatable bonds is 5. The molecule has 5 heteroatoms. The van der Waals surface area contributed by atoms with E-state index in [9.17, 15) is 14.9 Å². The van der Waals surface area contributed by atoms with Crippen molar-refractivity contribution in [2.45, 2.75) is 26.3 Å². The van der Waals surface area contributed by atoms with Crippen LogP contribution in [0.25, 0.3) is 0 Å². The van der Waals surface area contributed by atoms with Crippen LogP contribution in [0, 0.1) is 10.1 Å². The molecule has 1 aromatic rings. The summed E-state index contributed by atoms with van der Waals surface area (Å²) in [4.78, 5) is 21.3. The minimum absolute atomic E-state index is 0.0333. The molecule has 0 fully saturated rings. The number of non-ortho nitro benzene ring substituents is 1. The van der Waals surface area contributed by atoms with E-state index in [0.717, 1.165) is 12.0 Å². The van der Waals surface area contributed by atoms with Gasteiger partial charge in [0.2, 0.25) is 5.91 Å². The minimum atomic E-state index is -0.447. The molecule has 0 saturated heterocycles. The van der Waals surface area contributed by atoms with Gasteiger partial charge >= 0.3 is 0 Å². The minimum Gasteiger partial charge on any atom is -0.352 e. The summed E-state index contributed by atoms with van der Waals surface area (Å²) in [6.45, 7) is 2.26. The molecule has 0 unspecified atom stereocenters. The van der Waals surface area contributed by atoms with Crippen LogP contribution in [0.1, 0.15) is 25.3 Å². The number of carbonyl (C=O) groups is 1. The standard InChI is InChI=1S/C11H14N2O3/c1-2-4-11(14)12-8-9-5-3-6-10(7-9)13(15)16/h3,5-7H,2,4,8H2,1H3,(H,12,14). The number of nitrogens with one attached hydrogen (secondary N) is 1. The largest absolute Gasteiger partial charge is 0.352 e. The zero-order chi connectivity index (χ0) is 12.0. The molecule has 0 aromatic heterocycles. The molecule has 1 aromatic carbocycles. The van der Waals surface area contributed by atoms with Crippen molar-refractivity contribution in [2.75, 3.05) is 0 Å². The van der Waals surface area contributed by atoms with Gasteiger partial charge in [-0.3, -0.25) is 14.9 Å². The van der Waals surface area contributed by atoms with Crippen LogP contribution in [0.5, 0.6) is 0 Å². The van der Waals surface area contributed by atoms with Gasteiger partial charge < -0.3 is 5.32 Å².